The third-order valence-corrected chi connectivity index (χ3v) is 5.83. The van der Waals surface area contributed by atoms with Gasteiger partial charge in [0.05, 0.1) is 25.1 Å². The van der Waals surface area contributed by atoms with Crippen LogP contribution in [0.1, 0.15) is 37.4 Å². The van der Waals surface area contributed by atoms with Crippen molar-refractivity contribution in [2.75, 3.05) is 17.7 Å². The van der Waals surface area contributed by atoms with Crippen molar-refractivity contribution in [3.63, 3.8) is 0 Å². The predicted molar refractivity (Wildman–Crippen MR) is 112 cm³/mol. The molecule has 0 aliphatic heterocycles. The number of rotatable bonds is 8. The number of benzene rings is 2. The Labute approximate surface area is 167 Å². The Morgan fingerprint density at radius 1 is 1.18 bits per heavy atom. The number of carbonyl (C=O) groups excluding carboxylic acids is 1. The van der Waals surface area contributed by atoms with Gasteiger partial charge in [-0.15, -0.1) is 0 Å². The fourth-order valence-corrected chi connectivity index (χ4v) is 4.29. The van der Waals surface area contributed by atoms with E-state index in [4.69, 9.17) is 4.74 Å². The molecule has 0 bridgehead atoms. The second kappa shape index (κ2) is 9.10. The summed E-state index contributed by atoms with van der Waals surface area (Å²) in [7, 11) is -2.04. The van der Waals surface area contributed by atoms with Crippen LogP contribution in [0.4, 0.5) is 5.69 Å². The van der Waals surface area contributed by atoms with Crippen LogP contribution in [0.25, 0.3) is 0 Å². The van der Waals surface area contributed by atoms with Crippen molar-refractivity contribution < 1.29 is 17.9 Å². The van der Waals surface area contributed by atoms with E-state index < -0.39 is 16.1 Å². The third-order valence-electron chi connectivity index (χ3n) is 4.59. The Kier molecular flexibility index (Phi) is 7.07. The molecule has 1 amide bonds. The van der Waals surface area contributed by atoms with E-state index >= 15 is 0 Å². The Bertz CT molecular complexity index is 910. The Morgan fingerprint density at radius 3 is 2.32 bits per heavy atom. The maximum atomic E-state index is 12.9. The van der Waals surface area contributed by atoms with Gasteiger partial charge in [0.15, 0.2) is 0 Å². The number of amides is 1. The van der Waals surface area contributed by atoms with Crippen LogP contribution >= 0.6 is 0 Å². The first-order chi connectivity index (χ1) is 13.2. The van der Waals surface area contributed by atoms with Gasteiger partial charge in [-0.05, 0) is 55.7 Å². The van der Waals surface area contributed by atoms with Crippen LogP contribution in [-0.2, 0) is 14.8 Å². The standard InChI is InChI=1S/C21H28N2O4S/c1-6-20(17-10-12-19(27-4)13-11-17)22-21(24)16(3)23(28(5,25)26)18-9-7-8-15(2)14-18/h7-14,16,20H,6H2,1-5H3,(H,22,24)/t16-,20-/m0/s1. The molecule has 6 nitrogen and oxygen atoms in total. The largest absolute Gasteiger partial charge is 0.497 e. The van der Waals surface area contributed by atoms with Crippen LogP contribution in [0.2, 0.25) is 0 Å². The van der Waals surface area contributed by atoms with Gasteiger partial charge in [0.25, 0.3) is 0 Å². The van der Waals surface area contributed by atoms with Gasteiger partial charge in [0, 0.05) is 0 Å². The summed E-state index contributed by atoms with van der Waals surface area (Å²) in [6.07, 6.45) is 1.79. The van der Waals surface area contributed by atoms with Crippen LogP contribution < -0.4 is 14.4 Å². The molecule has 0 radical (unpaired) electrons. The quantitative estimate of drug-likeness (QED) is 0.731. The summed E-state index contributed by atoms with van der Waals surface area (Å²) in [5.41, 5.74) is 2.33. The van der Waals surface area contributed by atoms with Crippen molar-refractivity contribution in [2.45, 2.75) is 39.3 Å². The number of hydrogen-bond acceptors (Lipinski definition) is 4. The molecule has 0 heterocycles. The average Bonchev–Trinajstić information content (AvgIpc) is 2.65. The first-order valence-electron chi connectivity index (χ1n) is 9.17. The van der Waals surface area contributed by atoms with Crippen LogP contribution in [0.15, 0.2) is 48.5 Å². The van der Waals surface area contributed by atoms with Crippen molar-refractivity contribution in [3.8, 4) is 5.75 Å². The first kappa shape index (κ1) is 21.8. The van der Waals surface area contributed by atoms with Crippen molar-refractivity contribution >= 4 is 21.6 Å². The highest BCUT2D eigenvalue weighted by atomic mass is 32.2. The minimum Gasteiger partial charge on any atom is -0.497 e. The highest BCUT2D eigenvalue weighted by Gasteiger charge is 2.30. The number of methoxy groups -OCH3 is 1. The molecular formula is C21H28N2O4S. The van der Waals surface area contributed by atoms with Crippen LogP contribution in [0.3, 0.4) is 0 Å². The topological polar surface area (TPSA) is 75.7 Å². The van der Waals surface area contributed by atoms with E-state index in [2.05, 4.69) is 5.32 Å². The van der Waals surface area contributed by atoms with Crippen molar-refractivity contribution in [3.05, 3.63) is 59.7 Å². The lowest BCUT2D eigenvalue weighted by Crippen LogP contribution is -2.48. The number of carbonyl (C=O) groups is 1. The van der Waals surface area contributed by atoms with Crippen molar-refractivity contribution in [1.82, 2.24) is 5.32 Å². The zero-order valence-corrected chi connectivity index (χ0v) is 17.8. The van der Waals surface area contributed by atoms with E-state index in [9.17, 15) is 13.2 Å². The SMILES string of the molecule is CC[C@H](NC(=O)[C@H](C)N(c1cccc(C)c1)S(C)(=O)=O)c1ccc(OC)cc1. The number of hydrogen-bond donors (Lipinski definition) is 1. The van der Waals surface area contributed by atoms with E-state index in [0.717, 1.165) is 27.4 Å². The molecule has 2 aromatic rings. The Hall–Kier alpha value is -2.54. The fraction of sp³-hybridized carbons (Fsp3) is 0.381. The van der Waals surface area contributed by atoms with Gasteiger partial charge in [-0.3, -0.25) is 9.10 Å². The maximum absolute atomic E-state index is 12.9. The third kappa shape index (κ3) is 5.25. The molecule has 0 aliphatic rings. The van der Waals surface area contributed by atoms with Gasteiger partial charge in [0.2, 0.25) is 15.9 Å². The Balaban J connectivity index is 2.26. The highest BCUT2D eigenvalue weighted by molar-refractivity contribution is 7.92. The zero-order valence-electron chi connectivity index (χ0n) is 17.0. The Morgan fingerprint density at radius 2 is 1.82 bits per heavy atom. The van der Waals surface area contributed by atoms with Crippen LogP contribution in [0.5, 0.6) is 5.75 Å². The summed E-state index contributed by atoms with van der Waals surface area (Å²) in [6, 6.07) is 13.5. The second-order valence-corrected chi connectivity index (χ2v) is 8.68. The minimum atomic E-state index is -3.64. The van der Waals surface area contributed by atoms with Crippen molar-refractivity contribution in [2.24, 2.45) is 0 Å². The molecule has 152 valence electrons. The molecule has 0 saturated heterocycles. The number of nitrogens with zero attached hydrogens (tertiary/aromatic N) is 1. The van der Waals surface area contributed by atoms with Crippen molar-refractivity contribution in [1.29, 1.82) is 0 Å². The van der Waals surface area contributed by atoms with Gasteiger partial charge >= 0.3 is 0 Å². The first-order valence-corrected chi connectivity index (χ1v) is 11.0. The van der Waals surface area contributed by atoms with E-state index in [1.807, 2.05) is 44.2 Å². The zero-order chi connectivity index (χ0) is 20.9. The molecule has 0 aromatic heterocycles. The van der Waals surface area contributed by atoms with E-state index in [1.165, 1.54) is 0 Å². The number of nitrogens with one attached hydrogen (secondary N) is 1. The normalized spacial score (nSPS) is 13.5. The summed E-state index contributed by atoms with van der Waals surface area (Å²) < 4.78 is 31.2. The molecule has 0 saturated carbocycles. The summed E-state index contributed by atoms with van der Waals surface area (Å²) in [6.45, 7) is 5.44. The summed E-state index contributed by atoms with van der Waals surface area (Å²) in [4.78, 5) is 12.9. The van der Waals surface area contributed by atoms with Gasteiger partial charge in [-0.2, -0.15) is 0 Å². The monoisotopic (exact) mass is 404 g/mol. The van der Waals surface area contributed by atoms with Crippen LogP contribution in [-0.4, -0.2) is 33.7 Å². The molecule has 0 aliphatic carbocycles. The number of sulfonamides is 1. The number of anilines is 1. The summed E-state index contributed by atoms with van der Waals surface area (Å²) in [5.74, 6) is 0.385. The molecule has 0 spiro atoms. The number of aryl methyl sites for hydroxylation is 1. The number of ether oxygens (including phenoxy) is 1. The predicted octanol–water partition coefficient (Wildman–Crippen LogP) is 3.43. The van der Waals surface area contributed by atoms with Crippen LogP contribution in [0, 0.1) is 6.92 Å². The van der Waals surface area contributed by atoms with E-state index in [0.29, 0.717) is 12.1 Å². The lowest BCUT2D eigenvalue weighted by molar-refractivity contribution is -0.122. The summed E-state index contributed by atoms with van der Waals surface area (Å²) >= 11 is 0. The molecule has 2 aromatic carbocycles. The summed E-state index contributed by atoms with van der Waals surface area (Å²) in [5, 5.41) is 2.97. The molecule has 0 fully saturated rings. The minimum absolute atomic E-state index is 0.222. The van der Waals surface area contributed by atoms with E-state index in [-0.39, 0.29) is 11.9 Å². The molecule has 28 heavy (non-hydrogen) atoms. The average molecular weight is 405 g/mol. The smallest absolute Gasteiger partial charge is 0.244 e. The molecule has 2 atom stereocenters. The fourth-order valence-electron chi connectivity index (χ4n) is 3.12. The second-order valence-electron chi connectivity index (χ2n) is 6.82. The van der Waals surface area contributed by atoms with Gasteiger partial charge < -0.3 is 10.1 Å². The van der Waals surface area contributed by atoms with Gasteiger partial charge in [0.1, 0.15) is 11.8 Å². The lowest BCUT2D eigenvalue weighted by Gasteiger charge is -2.30. The lowest BCUT2D eigenvalue weighted by atomic mass is 10.0. The molecule has 1 N–H and O–H groups in total. The highest BCUT2D eigenvalue weighted by Crippen LogP contribution is 2.24. The molecule has 2 rings (SSSR count). The maximum Gasteiger partial charge on any atom is 0.244 e. The molecule has 0 unspecified atom stereocenters. The molecular weight excluding hydrogens is 376 g/mol. The van der Waals surface area contributed by atoms with Gasteiger partial charge in [-0.1, -0.05) is 31.2 Å². The van der Waals surface area contributed by atoms with E-state index in [1.54, 1.807) is 32.2 Å². The molecule has 7 heteroatoms. The van der Waals surface area contributed by atoms with Gasteiger partial charge in [-0.25, -0.2) is 8.42 Å².